The second kappa shape index (κ2) is 5.94. The number of aliphatic hydroxyl groups is 1. The van der Waals surface area contributed by atoms with Gasteiger partial charge in [0.1, 0.15) is 11.6 Å². The molecule has 8 nitrogen and oxygen atoms in total. The van der Waals surface area contributed by atoms with Crippen LogP contribution in [0.3, 0.4) is 0 Å². The normalized spacial score (nSPS) is 25.3. The number of β-amino-alcohol motifs (C(OH)–C–C–N with tert-alkyl or cyclic N) is 1. The van der Waals surface area contributed by atoms with E-state index in [1.165, 1.54) is 5.56 Å². The number of likely N-dealkylation sites (tertiary alicyclic amines) is 1. The number of rotatable bonds is 3. The Bertz CT molecular complexity index is 720. The Balaban J connectivity index is 1.51. The molecule has 0 unspecified atom stereocenters. The maximum absolute atomic E-state index is 9.89. The first-order chi connectivity index (χ1) is 11.5. The third-order valence-electron chi connectivity index (χ3n) is 5.25. The van der Waals surface area contributed by atoms with Crippen molar-refractivity contribution in [3.8, 4) is 0 Å². The van der Waals surface area contributed by atoms with Gasteiger partial charge >= 0.3 is 0 Å². The maximum Gasteiger partial charge on any atom is 0.150 e. The molecule has 0 bridgehead atoms. The van der Waals surface area contributed by atoms with Gasteiger partial charge in [-0.05, 0) is 27.3 Å². The van der Waals surface area contributed by atoms with Gasteiger partial charge in [-0.15, -0.1) is 10.2 Å². The highest BCUT2D eigenvalue weighted by atomic mass is 16.5. The highest BCUT2D eigenvalue weighted by Crippen LogP contribution is 2.31. The van der Waals surface area contributed by atoms with Gasteiger partial charge in [-0.2, -0.15) is 0 Å². The average Bonchev–Trinajstić information content (AvgIpc) is 3.20. The number of fused-ring (bicyclic) bond motifs is 1. The first kappa shape index (κ1) is 15.7. The van der Waals surface area contributed by atoms with E-state index < -0.39 is 0 Å². The minimum absolute atomic E-state index is 0.162. The summed E-state index contributed by atoms with van der Waals surface area (Å²) < 4.78 is 7.49. The monoisotopic (exact) mass is 332 g/mol. The number of aromatic nitrogens is 4. The fourth-order valence-corrected chi connectivity index (χ4v) is 3.84. The smallest absolute Gasteiger partial charge is 0.150 e. The molecule has 4 rings (SSSR count). The molecule has 2 atom stereocenters. The molecular weight excluding hydrogens is 308 g/mol. The van der Waals surface area contributed by atoms with Crippen LogP contribution in [0.5, 0.6) is 0 Å². The van der Waals surface area contributed by atoms with Crippen molar-refractivity contribution in [3.05, 3.63) is 28.7 Å². The lowest BCUT2D eigenvalue weighted by Crippen LogP contribution is -2.35. The Morgan fingerprint density at radius 1 is 1.25 bits per heavy atom. The third-order valence-corrected chi connectivity index (χ3v) is 5.25. The lowest BCUT2D eigenvalue weighted by molar-refractivity contribution is 0.182. The van der Waals surface area contributed by atoms with E-state index in [1.54, 1.807) is 0 Å². The quantitative estimate of drug-likeness (QED) is 0.883. The summed E-state index contributed by atoms with van der Waals surface area (Å²) in [5.74, 6) is 2.88. The lowest BCUT2D eigenvalue weighted by atomic mass is 10.1. The number of hydrogen-bond donors (Lipinski definition) is 1. The second-order valence-electron chi connectivity index (χ2n) is 6.98. The molecule has 24 heavy (non-hydrogen) atoms. The maximum atomic E-state index is 9.89. The van der Waals surface area contributed by atoms with Gasteiger partial charge in [0.15, 0.2) is 5.82 Å². The Kier molecular flexibility index (Phi) is 3.90. The van der Waals surface area contributed by atoms with Crippen LogP contribution in [-0.4, -0.2) is 61.1 Å². The van der Waals surface area contributed by atoms with Crippen LogP contribution in [-0.2, 0) is 19.6 Å². The van der Waals surface area contributed by atoms with Gasteiger partial charge in [-0.25, -0.2) is 0 Å². The first-order valence-corrected chi connectivity index (χ1v) is 8.47. The summed E-state index contributed by atoms with van der Waals surface area (Å²) in [5, 5.41) is 22.8. The summed E-state index contributed by atoms with van der Waals surface area (Å²) in [6, 6.07) is 0.162. The standard InChI is InChI=1S/C16H24N6O2/c1-10-13(11(2)24-19-10)8-21-4-5-22-15(9-21)17-18-16(22)14-6-12(23)7-20(14)3/h12,14,23H,4-9H2,1-3H3/t12-,14+/m1/s1. The predicted molar refractivity (Wildman–Crippen MR) is 86.1 cm³/mol. The molecule has 1 N–H and O–H groups in total. The topological polar surface area (TPSA) is 83.5 Å². The van der Waals surface area contributed by atoms with E-state index in [0.29, 0.717) is 6.54 Å². The Morgan fingerprint density at radius 3 is 2.75 bits per heavy atom. The van der Waals surface area contributed by atoms with E-state index in [0.717, 1.165) is 55.7 Å². The molecule has 8 heteroatoms. The molecule has 2 aliphatic heterocycles. The van der Waals surface area contributed by atoms with Crippen LogP contribution in [0.25, 0.3) is 0 Å². The summed E-state index contributed by atoms with van der Waals surface area (Å²) >= 11 is 0. The zero-order valence-electron chi connectivity index (χ0n) is 14.4. The summed E-state index contributed by atoms with van der Waals surface area (Å²) in [5.41, 5.74) is 2.13. The number of nitrogens with zero attached hydrogens (tertiary/aromatic N) is 6. The van der Waals surface area contributed by atoms with Crippen molar-refractivity contribution in [1.29, 1.82) is 0 Å². The average molecular weight is 332 g/mol. The molecule has 0 radical (unpaired) electrons. The van der Waals surface area contributed by atoms with Crippen molar-refractivity contribution in [3.63, 3.8) is 0 Å². The van der Waals surface area contributed by atoms with E-state index in [-0.39, 0.29) is 12.1 Å². The van der Waals surface area contributed by atoms with Crippen LogP contribution in [0.15, 0.2) is 4.52 Å². The van der Waals surface area contributed by atoms with Crippen LogP contribution >= 0.6 is 0 Å². The molecule has 4 heterocycles. The molecule has 130 valence electrons. The predicted octanol–water partition coefficient (Wildman–Crippen LogP) is 0.636. The molecule has 0 aliphatic carbocycles. The van der Waals surface area contributed by atoms with Crippen LogP contribution in [0.4, 0.5) is 0 Å². The molecule has 0 spiro atoms. The zero-order chi connectivity index (χ0) is 16.8. The van der Waals surface area contributed by atoms with Crippen LogP contribution in [0, 0.1) is 13.8 Å². The van der Waals surface area contributed by atoms with Gasteiger partial charge in [0.25, 0.3) is 0 Å². The Hall–Kier alpha value is -1.77. The molecule has 2 aromatic heterocycles. The largest absolute Gasteiger partial charge is 0.392 e. The SMILES string of the molecule is Cc1noc(C)c1CN1CCn2c(nnc2[C@@H]2C[C@@H](O)CN2C)C1. The van der Waals surface area contributed by atoms with Gasteiger partial charge in [0.05, 0.1) is 24.4 Å². The molecule has 0 saturated carbocycles. The van der Waals surface area contributed by atoms with Crippen molar-refractivity contribution < 1.29 is 9.63 Å². The molecule has 2 aliphatic rings. The summed E-state index contributed by atoms with van der Waals surface area (Å²) in [6.07, 6.45) is 0.463. The summed E-state index contributed by atoms with van der Waals surface area (Å²) in [7, 11) is 2.04. The van der Waals surface area contributed by atoms with Gasteiger partial charge in [-0.3, -0.25) is 9.80 Å². The van der Waals surface area contributed by atoms with Gasteiger partial charge in [0, 0.05) is 31.7 Å². The number of likely N-dealkylation sites (N-methyl/N-ethyl adjacent to an activating group) is 1. The van der Waals surface area contributed by atoms with Crippen molar-refractivity contribution in [2.24, 2.45) is 0 Å². The van der Waals surface area contributed by atoms with Crippen LogP contribution in [0.2, 0.25) is 0 Å². The van der Waals surface area contributed by atoms with Gasteiger partial charge < -0.3 is 14.2 Å². The van der Waals surface area contributed by atoms with E-state index in [2.05, 4.69) is 29.7 Å². The lowest BCUT2D eigenvalue weighted by Gasteiger charge is -2.29. The van der Waals surface area contributed by atoms with Crippen LogP contribution in [0.1, 0.15) is 41.1 Å². The van der Waals surface area contributed by atoms with Crippen LogP contribution < -0.4 is 0 Å². The van der Waals surface area contributed by atoms with Gasteiger partial charge in [0.2, 0.25) is 0 Å². The fourth-order valence-electron chi connectivity index (χ4n) is 3.84. The van der Waals surface area contributed by atoms with Crippen molar-refractivity contribution >= 4 is 0 Å². The Morgan fingerprint density at radius 2 is 2.08 bits per heavy atom. The zero-order valence-corrected chi connectivity index (χ0v) is 14.4. The third kappa shape index (κ3) is 2.64. The number of aryl methyl sites for hydroxylation is 2. The highest BCUT2D eigenvalue weighted by molar-refractivity contribution is 5.20. The molecular formula is C16H24N6O2. The van der Waals surface area contributed by atoms with E-state index in [9.17, 15) is 5.11 Å². The van der Waals surface area contributed by atoms with E-state index in [1.807, 2.05) is 20.9 Å². The second-order valence-corrected chi connectivity index (χ2v) is 6.98. The minimum Gasteiger partial charge on any atom is -0.392 e. The summed E-state index contributed by atoms with van der Waals surface area (Å²) in [6.45, 7) is 8.06. The van der Waals surface area contributed by atoms with E-state index in [4.69, 9.17) is 4.52 Å². The summed E-state index contributed by atoms with van der Waals surface area (Å²) in [4.78, 5) is 4.52. The molecule has 0 aromatic carbocycles. The van der Waals surface area contributed by atoms with Crippen molar-refractivity contribution in [2.45, 2.75) is 52.0 Å². The molecule has 0 amide bonds. The van der Waals surface area contributed by atoms with E-state index >= 15 is 0 Å². The minimum atomic E-state index is -0.271. The molecule has 1 saturated heterocycles. The Labute approximate surface area is 141 Å². The molecule has 1 fully saturated rings. The van der Waals surface area contributed by atoms with Gasteiger partial charge in [-0.1, -0.05) is 5.16 Å². The molecule has 2 aromatic rings. The van der Waals surface area contributed by atoms with Crippen molar-refractivity contribution in [2.75, 3.05) is 20.1 Å². The van der Waals surface area contributed by atoms with Crippen molar-refractivity contribution in [1.82, 2.24) is 29.7 Å². The highest BCUT2D eigenvalue weighted by Gasteiger charge is 2.34. The number of hydrogen-bond acceptors (Lipinski definition) is 7. The first-order valence-electron chi connectivity index (χ1n) is 8.47. The fraction of sp³-hybridized carbons (Fsp3) is 0.688. The number of aliphatic hydroxyl groups excluding tert-OH is 1.